The van der Waals surface area contributed by atoms with Crippen molar-refractivity contribution in [3.05, 3.63) is 34.1 Å². The van der Waals surface area contributed by atoms with Gasteiger partial charge in [-0.2, -0.15) is 0 Å². The zero-order valence-electron chi connectivity index (χ0n) is 10.2. The largest absolute Gasteiger partial charge is 0.317 e. The van der Waals surface area contributed by atoms with Crippen LogP contribution >= 0.6 is 15.9 Å². The van der Waals surface area contributed by atoms with Gasteiger partial charge in [0.25, 0.3) is 0 Å². The van der Waals surface area contributed by atoms with E-state index < -0.39 is 0 Å². The van der Waals surface area contributed by atoms with Crippen LogP contribution in [0.15, 0.2) is 22.7 Å². The molecule has 2 unspecified atom stereocenters. The van der Waals surface area contributed by atoms with Gasteiger partial charge in [0.05, 0.1) is 0 Å². The third kappa shape index (κ3) is 3.52. The fraction of sp³-hybridized carbons (Fsp3) is 0.571. The third-order valence-electron chi connectivity index (χ3n) is 3.71. The average Bonchev–Trinajstić information content (AvgIpc) is 2.34. The Morgan fingerprint density at radius 1 is 1.41 bits per heavy atom. The molecule has 94 valence electrons. The maximum Gasteiger partial charge on any atom is 0.126 e. The van der Waals surface area contributed by atoms with Crippen LogP contribution in [0, 0.1) is 11.7 Å². The summed E-state index contributed by atoms with van der Waals surface area (Å²) in [5.74, 6) is 0.546. The minimum absolute atomic E-state index is 0.0696. The lowest BCUT2D eigenvalue weighted by molar-refractivity contribution is 0.292. The number of nitrogens with one attached hydrogen (secondary N) is 1. The van der Waals surface area contributed by atoms with Crippen molar-refractivity contribution in [2.24, 2.45) is 5.92 Å². The Balaban J connectivity index is 2.02. The van der Waals surface area contributed by atoms with Gasteiger partial charge in [0.15, 0.2) is 0 Å². The molecule has 1 aliphatic rings. The molecule has 1 aliphatic carbocycles. The Hall–Kier alpha value is -0.410. The fourth-order valence-corrected chi connectivity index (χ4v) is 3.16. The highest BCUT2D eigenvalue weighted by atomic mass is 79.9. The molecule has 3 heteroatoms. The van der Waals surface area contributed by atoms with Gasteiger partial charge in [-0.15, -0.1) is 0 Å². The van der Waals surface area contributed by atoms with Crippen LogP contribution in [-0.4, -0.2) is 13.1 Å². The van der Waals surface area contributed by atoms with Gasteiger partial charge < -0.3 is 5.32 Å². The molecule has 0 radical (unpaired) electrons. The van der Waals surface area contributed by atoms with E-state index in [2.05, 4.69) is 21.2 Å². The highest BCUT2D eigenvalue weighted by molar-refractivity contribution is 9.10. The van der Waals surface area contributed by atoms with Gasteiger partial charge in [-0.3, -0.25) is 0 Å². The summed E-state index contributed by atoms with van der Waals surface area (Å²) < 4.78 is 14.6. The molecule has 0 saturated heterocycles. The quantitative estimate of drug-likeness (QED) is 0.892. The molecule has 0 aromatic heterocycles. The van der Waals surface area contributed by atoms with Crippen molar-refractivity contribution in [1.29, 1.82) is 0 Å². The fourth-order valence-electron chi connectivity index (χ4n) is 2.75. The van der Waals surface area contributed by atoms with Crippen LogP contribution in [0.5, 0.6) is 0 Å². The van der Waals surface area contributed by atoms with Gasteiger partial charge >= 0.3 is 0 Å². The maximum absolute atomic E-state index is 13.7. The van der Waals surface area contributed by atoms with Crippen LogP contribution in [-0.2, 0) is 6.42 Å². The summed E-state index contributed by atoms with van der Waals surface area (Å²) in [6.45, 7) is 0. The van der Waals surface area contributed by atoms with Crippen LogP contribution in [0.1, 0.15) is 31.2 Å². The van der Waals surface area contributed by atoms with E-state index in [0.29, 0.717) is 12.0 Å². The molecule has 0 aliphatic heterocycles. The summed E-state index contributed by atoms with van der Waals surface area (Å²) in [5, 5.41) is 3.34. The number of rotatable bonds is 3. The molecular formula is C14H19BrFN. The topological polar surface area (TPSA) is 12.0 Å². The monoisotopic (exact) mass is 299 g/mol. The van der Waals surface area contributed by atoms with E-state index in [1.54, 1.807) is 12.1 Å². The predicted molar refractivity (Wildman–Crippen MR) is 72.6 cm³/mol. The van der Waals surface area contributed by atoms with E-state index in [1.165, 1.54) is 25.7 Å². The van der Waals surface area contributed by atoms with Crippen molar-refractivity contribution in [2.75, 3.05) is 7.05 Å². The third-order valence-corrected chi connectivity index (χ3v) is 4.20. The molecule has 1 saturated carbocycles. The minimum Gasteiger partial charge on any atom is -0.317 e. The first-order valence-corrected chi connectivity index (χ1v) is 7.09. The molecule has 1 aromatic rings. The second-order valence-electron chi connectivity index (χ2n) is 4.96. The molecule has 2 atom stereocenters. The molecule has 1 nitrogen and oxygen atoms in total. The Labute approximate surface area is 111 Å². The average molecular weight is 300 g/mol. The lowest BCUT2D eigenvalue weighted by Gasteiger charge is -2.29. The SMILES string of the molecule is CNC1CCCC(Cc2cc(Br)ccc2F)C1. The highest BCUT2D eigenvalue weighted by Crippen LogP contribution is 2.28. The van der Waals surface area contributed by atoms with E-state index in [-0.39, 0.29) is 5.82 Å². The molecule has 1 fully saturated rings. The summed E-state index contributed by atoms with van der Waals surface area (Å²) in [6.07, 6.45) is 5.77. The molecule has 17 heavy (non-hydrogen) atoms. The maximum atomic E-state index is 13.7. The van der Waals surface area contributed by atoms with Crippen LogP contribution in [0.3, 0.4) is 0 Å². The first kappa shape index (κ1) is 13.0. The normalized spacial score (nSPS) is 24.9. The van der Waals surface area contributed by atoms with Gasteiger partial charge in [0.1, 0.15) is 5.82 Å². The van der Waals surface area contributed by atoms with Gasteiger partial charge in [-0.25, -0.2) is 4.39 Å². The number of hydrogen-bond acceptors (Lipinski definition) is 1. The molecule has 1 aromatic carbocycles. The number of halogens is 2. The van der Waals surface area contributed by atoms with Gasteiger partial charge in [-0.1, -0.05) is 28.8 Å². The van der Waals surface area contributed by atoms with E-state index in [4.69, 9.17) is 0 Å². The first-order chi connectivity index (χ1) is 8.19. The Bertz CT molecular complexity index is 380. The van der Waals surface area contributed by atoms with Crippen molar-refractivity contribution in [1.82, 2.24) is 5.32 Å². The predicted octanol–water partition coefficient (Wildman–Crippen LogP) is 3.91. The van der Waals surface area contributed by atoms with Crippen molar-refractivity contribution in [2.45, 2.75) is 38.1 Å². The first-order valence-electron chi connectivity index (χ1n) is 6.30. The summed E-state index contributed by atoms with van der Waals surface area (Å²) in [6, 6.07) is 5.84. The lowest BCUT2D eigenvalue weighted by atomic mass is 9.82. The molecule has 0 heterocycles. The molecule has 2 rings (SSSR count). The van der Waals surface area contributed by atoms with Gasteiger partial charge in [0, 0.05) is 10.5 Å². The molecule has 1 N–H and O–H groups in total. The number of benzene rings is 1. The van der Waals surface area contributed by atoms with Crippen LogP contribution in [0.25, 0.3) is 0 Å². The van der Waals surface area contributed by atoms with Crippen LogP contribution < -0.4 is 5.32 Å². The van der Waals surface area contributed by atoms with Crippen molar-refractivity contribution < 1.29 is 4.39 Å². The van der Waals surface area contributed by atoms with E-state index in [9.17, 15) is 4.39 Å². The van der Waals surface area contributed by atoms with Crippen LogP contribution in [0.4, 0.5) is 4.39 Å². The summed E-state index contributed by atoms with van der Waals surface area (Å²) in [4.78, 5) is 0. The van der Waals surface area contributed by atoms with E-state index in [0.717, 1.165) is 16.5 Å². The van der Waals surface area contributed by atoms with Crippen LogP contribution in [0.2, 0.25) is 0 Å². The second kappa shape index (κ2) is 5.96. The molecule has 0 bridgehead atoms. The Kier molecular flexibility index (Phi) is 4.57. The lowest BCUT2D eigenvalue weighted by Crippen LogP contribution is -2.32. The van der Waals surface area contributed by atoms with Gasteiger partial charge in [-0.05, 0) is 56.0 Å². The molecule has 0 spiro atoms. The zero-order chi connectivity index (χ0) is 12.3. The van der Waals surface area contributed by atoms with Crippen molar-refractivity contribution >= 4 is 15.9 Å². The summed E-state index contributed by atoms with van der Waals surface area (Å²) in [7, 11) is 2.02. The Morgan fingerprint density at radius 2 is 2.24 bits per heavy atom. The summed E-state index contributed by atoms with van der Waals surface area (Å²) in [5.41, 5.74) is 0.848. The van der Waals surface area contributed by atoms with Crippen molar-refractivity contribution in [3.8, 4) is 0 Å². The smallest absolute Gasteiger partial charge is 0.126 e. The zero-order valence-corrected chi connectivity index (χ0v) is 11.8. The number of hydrogen-bond donors (Lipinski definition) is 1. The van der Waals surface area contributed by atoms with Crippen molar-refractivity contribution in [3.63, 3.8) is 0 Å². The minimum atomic E-state index is -0.0696. The molecular weight excluding hydrogens is 281 g/mol. The van der Waals surface area contributed by atoms with Gasteiger partial charge in [0.2, 0.25) is 0 Å². The van der Waals surface area contributed by atoms with E-state index in [1.807, 2.05) is 13.1 Å². The Morgan fingerprint density at radius 3 is 3.00 bits per heavy atom. The highest BCUT2D eigenvalue weighted by Gasteiger charge is 2.21. The standard InChI is InChI=1S/C14H19BrFN/c1-17-13-4-2-3-10(8-13)7-11-9-12(15)5-6-14(11)16/h5-6,9-10,13,17H,2-4,7-8H2,1H3. The second-order valence-corrected chi connectivity index (χ2v) is 5.87. The van der Waals surface area contributed by atoms with E-state index >= 15 is 0 Å². The molecule has 0 amide bonds. The summed E-state index contributed by atoms with van der Waals surface area (Å²) >= 11 is 3.41.